The summed E-state index contributed by atoms with van der Waals surface area (Å²) in [6.45, 7) is 12.0. The van der Waals surface area contributed by atoms with Crippen LogP contribution in [0.1, 0.15) is 62.4 Å². The zero-order valence-electron chi connectivity index (χ0n) is 15.5. The van der Waals surface area contributed by atoms with Gasteiger partial charge in [0.05, 0.1) is 0 Å². The molecule has 0 bridgehead atoms. The van der Waals surface area contributed by atoms with Gasteiger partial charge in [-0.1, -0.05) is 49.4 Å². The van der Waals surface area contributed by atoms with Crippen molar-refractivity contribution in [3.8, 4) is 0 Å². The van der Waals surface area contributed by atoms with Gasteiger partial charge in [-0.15, -0.1) is 0 Å². The number of aryl methyl sites for hydroxylation is 1. The van der Waals surface area contributed by atoms with Crippen LogP contribution in [0.3, 0.4) is 0 Å². The molecule has 0 fully saturated rings. The first kappa shape index (κ1) is 17.2. The molecule has 0 radical (unpaired) electrons. The van der Waals surface area contributed by atoms with Crippen LogP contribution in [-0.2, 0) is 27.1 Å². The number of hydrogen-bond donors (Lipinski definition) is 0. The minimum Gasteiger partial charge on any atom is -0.366 e. The maximum Gasteiger partial charge on any atom is 0.116 e. The minimum atomic E-state index is -0.442. The van der Waals surface area contributed by atoms with Crippen LogP contribution in [0.5, 0.6) is 0 Å². The summed E-state index contributed by atoms with van der Waals surface area (Å²) in [7, 11) is 0. The molecule has 1 aliphatic carbocycles. The van der Waals surface area contributed by atoms with E-state index in [2.05, 4.69) is 77.1 Å². The molecule has 1 aliphatic rings. The molecule has 128 valence electrons. The standard InChI is InChI=1S/C22H28O2/c1-6-16-13-14-19-20(15-16)22(5,24-8-3)18-12-10-9-11-17(18)21(19,4)23-7-2/h9-15H,6-8H2,1-5H3. The highest BCUT2D eigenvalue weighted by Crippen LogP contribution is 2.51. The molecule has 0 spiro atoms. The van der Waals surface area contributed by atoms with Gasteiger partial charge in [-0.05, 0) is 61.9 Å². The SMILES string of the molecule is CCOC1(C)c2ccccc2C(C)(OCC)c2cc(CC)ccc21. The molecule has 0 saturated carbocycles. The van der Waals surface area contributed by atoms with E-state index in [1.165, 1.54) is 27.8 Å². The van der Waals surface area contributed by atoms with Gasteiger partial charge in [0.15, 0.2) is 0 Å². The fourth-order valence-electron chi connectivity index (χ4n) is 4.12. The molecule has 0 aromatic heterocycles. The number of benzene rings is 2. The number of hydrogen-bond acceptors (Lipinski definition) is 2. The lowest BCUT2D eigenvalue weighted by Gasteiger charge is -2.46. The van der Waals surface area contributed by atoms with Crippen LogP contribution in [0.2, 0.25) is 0 Å². The largest absolute Gasteiger partial charge is 0.366 e. The Morgan fingerprint density at radius 2 is 1.21 bits per heavy atom. The smallest absolute Gasteiger partial charge is 0.116 e. The van der Waals surface area contributed by atoms with Crippen LogP contribution in [0.25, 0.3) is 0 Å². The molecule has 2 heteroatoms. The molecule has 3 rings (SSSR count). The average molecular weight is 324 g/mol. The van der Waals surface area contributed by atoms with E-state index < -0.39 is 11.2 Å². The van der Waals surface area contributed by atoms with Gasteiger partial charge in [-0.3, -0.25) is 0 Å². The van der Waals surface area contributed by atoms with E-state index in [4.69, 9.17) is 9.47 Å². The Hall–Kier alpha value is -1.64. The fraction of sp³-hybridized carbons (Fsp3) is 0.455. The van der Waals surface area contributed by atoms with Crippen molar-refractivity contribution in [3.05, 3.63) is 70.3 Å². The summed E-state index contributed by atoms with van der Waals surface area (Å²) in [6, 6.07) is 15.3. The first-order valence-electron chi connectivity index (χ1n) is 9.03. The van der Waals surface area contributed by atoms with Gasteiger partial charge in [0.2, 0.25) is 0 Å². The molecule has 0 heterocycles. The number of rotatable bonds is 5. The Balaban J connectivity index is 2.35. The lowest BCUT2D eigenvalue weighted by atomic mass is 9.68. The molecule has 0 aliphatic heterocycles. The van der Waals surface area contributed by atoms with E-state index in [0.717, 1.165) is 6.42 Å². The second-order valence-corrected chi connectivity index (χ2v) is 6.71. The van der Waals surface area contributed by atoms with E-state index in [1.807, 2.05) is 0 Å². The summed E-state index contributed by atoms with van der Waals surface area (Å²) in [5.41, 5.74) is 5.32. The molecule has 2 aromatic rings. The van der Waals surface area contributed by atoms with Crippen molar-refractivity contribution in [1.82, 2.24) is 0 Å². The Bertz CT molecular complexity index is 736. The van der Waals surface area contributed by atoms with Crippen molar-refractivity contribution in [2.45, 2.75) is 52.2 Å². The summed E-state index contributed by atoms with van der Waals surface area (Å²) in [6.07, 6.45) is 1.02. The Morgan fingerprint density at radius 1 is 0.708 bits per heavy atom. The predicted molar refractivity (Wildman–Crippen MR) is 98.4 cm³/mol. The maximum atomic E-state index is 6.34. The molecule has 0 saturated heterocycles. The molecular weight excluding hydrogens is 296 g/mol. The first-order valence-corrected chi connectivity index (χ1v) is 9.03. The molecule has 0 N–H and O–H groups in total. The van der Waals surface area contributed by atoms with Crippen molar-refractivity contribution in [3.63, 3.8) is 0 Å². The third kappa shape index (κ3) is 2.40. The summed E-state index contributed by atoms with van der Waals surface area (Å²) < 4.78 is 12.7. The van der Waals surface area contributed by atoms with Gasteiger partial charge in [0, 0.05) is 13.2 Å². The van der Waals surface area contributed by atoms with E-state index in [9.17, 15) is 0 Å². The zero-order chi connectivity index (χ0) is 17.4. The molecular formula is C22H28O2. The highest BCUT2D eigenvalue weighted by molar-refractivity contribution is 5.57. The Labute approximate surface area is 145 Å². The van der Waals surface area contributed by atoms with E-state index in [1.54, 1.807) is 0 Å². The first-order chi connectivity index (χ1) is 11.5. The number of ether oxygens (including phenoxy) is 2. The molecule has 24 heavy (non-hydrogen) atoms. The monoisotopic (exact) mass is 324 g/mol. The lowest BCUT2D eigenvalue weighted by molar-refractivity contribution is -0.0347. The van der Waals surface area contributed by atoms with Crippen molar-refractivity contribution in [2.24, 2.45) is 0 Å². The zero-order valence-corrected chi connectivity index (χ0v) is 15.5. The minimum absolute atomic E-state index is 0.441. The Kier molecular flexibility index (Phi) is 4.54. The van der Waals surface area contributed by atoms with E-state index in [-0.39, 0.29) is 0 Å². The van der Waals surface area contributed by atoms with Gasteiger partial charge in [-0.2, -0.15) is 0 Å². The average Bonchev–Trinajstić information content (AvgIpc) is 2.60. The van der Waals surface area contributed by atoms with Crippen molar-refractivity contribution in [2.75, 3.05) is 13.2 Å². The second-order valence-electron chi connectivity index (χ2n) is 6.71. The maximum absolute atomic E-state index is 6.34. The van der Waals surface area contributed by atoms with E-state index in [0.29, 0.717) is 13.2 Å². The molecule has 0 amide bonds. The van der Waals surface area contributed by atoms with Crippen LogP contribution < -0.4 is 0 Å². The topological polar surface area (TPSA) is 18.5 Å². The van der Waals surface area contributed by atoms with Crippen LogP contribution in [0.4, 0.5) is 0 Å². The van der Waals surface area contributed by atoms with Crippen LogP contribution in [-0.4, -0.2) is 13.2 Å². The second kappa shape index (κ2) is 6.34. The van der Waals surface area contributed by atoms with Gasteiger partial charge >= 0.3 is 0 Å². The van der Waals surface area contributed by atoms with Crippen LogP contribution >= 0.6 is 0 Å². The molecule has 2 unspecified atom stereocenters. The predicted octanol–water partition coefficient (Wildman–Crippen LogP) is 5.16. The highest BCUT2D eigenvalue weighted by atomic mass is 16.5. The van der Waals surface area contributed by atoms with Crippen molar-refractivity contribution in [1.29, 1.82) is 0 Å². The summed E-state index contributed by atoms with van der Waals surface area (Å²) in [5.74, 6) is 0. The summed E-state index contributed by atoms with van der Waals surface area (Å²) in [5, 5.41) is 0. The van der Waals surface area contributed by atoms with Crippen LogP contribution in [0, 0.1) is 0 Å². The Morgan fingerprint density at radius 3 is 1.71 bits per heavy atom. The van der Waals surface area contributed by atoms with Gasteiger partial charge in [-0.25, -0.2) is 0 Å². The third-order valence-corrected chi connectivity index (χ3v) is 5.34. The van der Waals surface area contributed by atoms with Crippen molar-refractivity contribution >= 4 is 0 Å². The van der Waals surface area contributed by atoms with E-state index >= 15 is 0 Å². The highest BCUT2D eigenvalue weighted by Gasteiger charge is 2.47. The summed E-state index contributed by atoms with van der Waals surface area (Å²) >= 11 is 0. The third-order valence-electron chi connectivity index (χ3n) is 5.34. The summed E-state index contributed by atoms with van der Waals surface area (Å²) in [4.78, 5) is 0. The molecule has 2 nitrogen and oxygen atoms in total. The van der Waals surface area contributed by atoms with Gasteiger partial charge in [0.1, 0.15) is 11.2 Å². The normalized spacial score (nSPS) is 25.2. The molecule has 2 aromatic carbocycles. The fourth-order valence-corrected chi connectivity index (χ4v) is 4.12. The molecule has 2 atom stereocenters. The van der Waals surface area contributed by atoms with Gasteiger partial charge in [0.25, 0.3) is 0 Å². The van der Waals surface area contributed by atoms with Crippen molar-refractivity contribution < 1.29 is 9.47 Å². The van der Waals surface area contributed by atoms with Crippen LogP contribution in [0.15, 0.2) is 42.5 Å². The number of fused-ring (bicyclic) bond motifs is 2. The lowest BCUT2D eigenvalue weighted by Crippen LogP contribution is -2.43. The van der Waals surface area contributed by atoms with Gasteiger partial charge < -0.3 is 9.47 Å². The quantitative estimate of drug-likeness (QED) is 0.756.